The van der Waals surface area contributed by atoms with Gasteiger partial charge >= 0.3 is 0 Å². The molecule has 5 nitrogen and oxygen atoms in total. The van der Waals surface area contributed by atoms with Crippen molar-refractivity contribution < 1.29 is 4.79 Å². The van der Waals surface area contributed by atoms with Gasteiger partial charge in [-0.2, -0.15) is 0 Å². The highest BCUT2D eigenvalue weighted by atomic mass is 16.1. The summed E-state index contributed by atoms with van der Waals surface area (Å²) in [5.41, 5.74) is 4.45. The zero-order chi connectivity index (χ0) is 13.9. The fourth-order valence-electron chi connectivity index (χ4n) is 2.35. The Hall–Kier alpha value is -2.27. The summed E-state index contributed by atoms with van der Waals surface area (Å²) in [5.74, 6) is -0.218. The van der Waals surface area contributed by atoms with Crippen LogP contribution in [-0.2, 0) is 13.0 Å². The Balaban J connectivity index is 1.84. The van der Waals surface area contributed by atoms with Crippen molar-refractivity contribution >= 4 is 11.6 Å². The van der Waals surface area contributed by atoms with Crippen LogP contribution in [0.25, 0.3) is 0 Å². The second-order valence-electron chi connectivity index (χ2n) is 4.87. The molecule has 0 saturated carbocycles. The Morgan fingerprint density at radius 1 is 1.30 bits per heavy atom. The van der Waals surface area contributed by atoms with E-state index in [-0.39, 0.29) is 5.91 Å². The van der Waals surface area contributed by atoms with Gasteiger partial charge in [-0.15, -0.1) is 0 Å². The average molecular weight is 268 g/mol. The highest BCUT2D eigenvalue weighted by Crippen LogP contribution is 2.23. The van der Waals surface area contributed by atoms with Crippen LogP contribution in [0.5, 0.6) is 0 Å². The molecule has 1 aliphatic heterocycles. The molecule has 1 amide bonds. The normalized spacial score (nSPS) is 13.7. The van der Waals surface area contributed by atoms with Crippen LogP contribution in [0.2, 0.25) is 0 Å². The largest absolute Gasteiger partial charge is 0.320 e. The summed E-state index contributed by atoms with van der Waals surface area (Å²) in [5, 5.41) is 6.26. The Bertz CT molecular complexity index is 637. The van der Waals surface area contributed by atoms with E-state index >= 15 is 0 Å². The minimum atomic E-state index is -0.218. The number of hydrogen-bond acceptors (Lipinski definition) is 4. The van der Waals surface area contributed by atoms with Crippen molar-refractivity contribution in [1.82, 2.24) is 15.3 Å². The van der Waals surface area contributed by atoms with E-state index < -0.39 is 0 Å². The van der Waals surface area contributed by atoms with Gasteiger partial charge in [0.2, 0.25) is 0 Å². The van der Waals surface area contributed by atoms with Crippen LogP contribution in [0.1, 0.15) is 27.3 Å². The number of nitrogens with zero attached hydrogens (tertiary/aromatic N) is 2. The fraction of sp³-hybridized carbons (Fsp3) is 0.267. The van der Waals surface area contributed by atoms with Gasteiger partial charge in [0.15, 0.2) is 0 Å². The Kier molecular flexibility index (Phi) is 3.43. The van der Waals surface area contributed by atoms with E-state index in [9.17, 15) is 4.79 Å². The molecule has 0 unspecified atom stereocenters. The molecule has 0 fully saturated rings. The number of hydrogen-bond donors (Lipinski definition) is 2. The molecule has 20 heavy (non-hydrogen) atoms. The van der Waals surface area contributed by atoms with Crippen LogP contribution in [0.4, 0.5) is 5.69 Å². The lowest BCUT2D eigenvalue weighted by Crippen LogP contribution is -2.25. The lowest BCUT2D eigenvalue weighted by molar-refractivity contribution is 0.102. The highest BCUT2D eigenvalue weighted by Gasteiger charge is 2.15. The van der Waals surface area contributed by atoms with Crippen LogP contribution >= 0.6 is 0 Å². The van der Waals surface area contributed by atoms with Crippen molar-refractivity contribution in [3.63, 3.8) is 0 Å². The van der Waals surface area contributed by atoms with Crippen LogP contribution in [-0.4, -0.2) is 22.4 Å². The molecule has 0 spiro atoms. The van der Waals surface area contributed by atoms with Crippen molar-refractivity contribution in [2.24, 2.45) is 0 Å². The molecular weight excluding hydrogens is 252 g/mol. The molecule has 1 aromatic heterocycles. The lowest BCUT2D eigenvalue weighted by atomic mass is 9.99. The molecule has 0 bridgehead atoms. The van der Waals surface area contributed by atoms with E-state index in [0.717, 1.165) is 30.9 Å². The third-order valence-corrected chi connectivity index (χ3v) is 3.40. The smallest absolute Gasteiger partial charge is 0.275 e. The van der Waals surface area contributed by atoms with Crippen molar-refractivity contribution in [1.29, 1.82) is 0 Å². The summed E-state index contributed by atoms with van der Waals surface area (Å²) in [4.78, 5) is 20.4. The first-order chi connectivity index (χ1) is 9.74. The fourth-order valence-corrected chi connectivity index (χ4v) is 2.35. The monoisotopic (exact) mass is 268 g/mol. The SMILES string of the molecule is Cc1cnc(C(=O)Nc2cccc3c2CCNC3)cn1. The molecule has 3 rings (SSSR count). The van der Waals surface area contributed by atoms with Gasteiger partial charge in [0.1, 0.15) is 5.69 Å². The molecule has 1 aliphatic rings. The number of anilines is 1. The zero-order valence-corrected chi connectivity index (χ0v) is 11.3. The molecule has 0 atom stereocenters. The molecular formula is C15H16N4O. The molecule has 0 aliphatic carbocycles. The number of benzene rings is 1. The average Bonchev–Trinajstić information content (AvgIpc) is 2.48. The van der Waals surface area contributed by atoms with Gasteiger partial charge < -0.3 is 10.6 Å². The summed E-state index contributed by atoms with van der Waals surface area (Å²) in [6.45, 7) is 3.63. The molecule has 5 heteroatoms. The van der Waals surface area contributed by atoms with Gasteiger partial charge in [-0.3, -0.25) is 9.78 Å². The van der Waals surface area contributed by atoms with E-state index in [1.165, 1.54) is 17.3 Å². The Morgan fingerprint density at radius 3 is 3.00 bits per heavy atom. The summed E-state index contributed by atoms with van der Waals surface area (Å²) < 4.78 is 0. The van der Waals surface area contributed by atoms with E-state index in [0.29, 0.717) is 5.69 Å². The third-order valence-electron chi connectivity index (χ3n) is 3.40. The molecule has 2 heterocycles. The first-order valence-corrected chi connectivity index (χ1v) is 6.65. The van der Waals surface area contributed by atoms with E-state index in [2.05, 4.69) is 26.7 Å². The molecule has 102 valence electrons. The molecule has 0 radical (unpaired) electrons. The number of carbonyl (C=O) groups excluding carboxylic acids is 1. The molecule has 1 aromatic carbocycles. The van der Waals surface area contributed by atoms with Crippen LogP contribution in [0.15, 0.2) is 30.6 Å². The van der Waals surface area contributed by atoms with Crippen LogP contribution in [0, 0.1) is 6.92 Å². The van der Waals surface area contributed by atoms with Gasteiger partial charge in [-0.05, 0) is 37.1 Å². The standard InChI is InChI=1S/C15H16N4O/c1-10-7-18-14(9-17-10)15(20)19-13-4-2-3-11-8-16-6-5-12(11)13/h2-4,7,9,16H,5-6,8H2,1H3,(H,19,20). The van der Waals surface area contributed by atoms with E-state index in [1.54, 1.807) is 6.20 Å². The maximum atomic E-state index is 12.2. The van der Waals surface area contributed by atoms with Gasteiger partial charge in [0.25, 0.3) is 5.91 Å². The summed E-state index contributed by atoms with van der Waals surface area (Å²) in [7, 11) is 0. The van der Waals surface area contributed by atoms with Gasteiger partial charge in [0, 0.05) is 18.4 Å². The van der Waals surface area contributed by atoms with Crippen LogP contribution < -0.4 is 10.6 Å². The van der Waals surface area contributed by atoms with Crippen molar-refractivity contribution in [3.8, 4) is 0 Å². The second kappa shape index (κ2) is 5.38. The molecule has 0 saturated heterocycles. The van der Waals surface area contributed by atoms with E-state index in [4.69, 9.17) is 0 Å². The number of aromatic nitrogens is 2. The Labute approximate surface area is 117 Å². The predicted octanol–water partition coefficient (Wildman–Crippen LogP) is 1.68. The summed E-state index contributed by atoms with van der Waals surface area (Å²) in [6.07, 6.45) is 4.02. The summed E-state index contributed by atoms with van der Waals surface area (Å²) >= 11 is 0. The van der Waals surface area contributed by atoms with Gasteiger partial charge in [-0.25, -0.2) is 4.98 Å². The maximum Gasteiger partial charge on any atom is 0.275 e. The minimum Gasteiger partial charge on any atom is -0.320 e. The van der Waals surface area contributed by atoms with Crippen LogP contribution in [0.3, 0.4) is 0 Å². The number of nitrogens with one attached hydrogen (secondary N) is 2. The third kappa shape index (κ3) is 2.53. The molecule has 2 aromatic rings. The number of fused-ring (bicyclic) bond motifs is 1. The van der Waals surface area contributed by atoms with Gasteiger partial charge in [-0.1, -0.05) is 12.1 Å². The highest BCUT2D eigenvalue weighted by molar-refractivity contribution is 6.03. The minimum absolute atomic E-state index is 0.218. The van der Waals surface area contributed by atoms with Crippen molar-refractivity contribution in [2.75, 3.05) is 11.9 Å². The first kappa shape index (κ1) is 12.7. The maximum absolute atomic E-state index is 12.2. The lowest BCUT2D eigenvalue weighted by Gasteiger charge is -2.20. The first-order valence-electron chi connectivity index (χ1n) is 6.65. The number of aryl methyl sites for hydroxylation is 1. The number of rotatable bonds is 2. The number of amides is 1. The van der Waals surface area contributed by atoms with E-state index in [1.807, 2.05) is 19.1 Å². The Morgan fingerprint density at radius 2 is 2.20 bits per heavy atom. The topological polar surface area (TPSA) is 66.9 Å². The predicted molar refractivity (Wildman–Crippen MR) is 76.6 cm³/mol. The van der Waals surface area contributed by atoms with Crippen molar-refractivity contribution in [3.05, 3.63) is 53.1 Å². The zero-order valence-electron chi connectivity index (χ0n) is 11.3. The summed E-state index contributed by atoms with van der Waals surface area (Å²) in [6, 6.07) is 5.98. The molecule has 2 N–H and O–H groups in total. The quantitative estimate of drug-likeness (QED) is 0.869. The van der Waals surface area contributed by atoms with Gasteiger partial charge in [0.05, 0.1) is 11.9 Å². The van der Waals surface area contributed by atoms with Crippen molar-refractivity contribution in [2.45, 2.75) is 19.9 Å². The number of carbonyl (C=O) groups is 1. The second-order valence-corrected chi connectivity index (χ2v) is 4.87.